The van der Waals surface area contributed by atoms with Crippen LogP contribution in [0.15, 0.2) is 48.5 Å². The van der Waals surface area contributed by atoms with Crippen molar-refractivity contribution in [1.82, 2.24) is 15.1 Å². The number of nitrogens with two attached hydrogens (primary N) is 1. The molecule has 2 aromatic rings. The molecule has 2 aliphatic heterocycles. The molecule has 6 nitrogen and oxygen atoms in total. The standard InChI is InChI=1S/C38H53ClN4O2/c1-37(2)18-21-42(25-37)26-38(29-9-4-3-5-10-29)19-22-43(23-20-38)36(45)33(24-27-12-15-30(39)16-13-27)41-35(44)32-17-14-28-8-6-7-11-31(28)34(32)40/h6-8,11-13,15-16,29,32-34H,3-5,9-10,14,17-26,40H2,1-2H3,(H,41,44)/t32?,33-,34?/m1/s1. The zero-order valence-electron chi connectivity index (χ0n) is 27.4. The Morgan fingerprint density at radius 2 is 1.67 bits per heavy atom. The van der Waals surface area contributed by atoms with Crippen LogP contribution in [0.2, 0.25) is 5.02 Å². The van der Waals surface area contributed by atoms with Crippen molar-refractivity contribution in [2.45, 2.75) is 96.6 Å². The van der Waals surface area contributed by atoms with E-state index in [1.54, 1.807) is 0 Å². The number of fused-ring (bicyclic) bond motifs is 1. The van der Waals surface area contributed by atoms with Gasteiger partial charge in [0.1, 0.15) is 6.04 Å². The van der Waals surface area contributed by atoms with Gasteiger partial charge in [-0.3, -0.25) is 9.59 Å². The van der Waals surface area contributed by atoms with E-state index in [1.165, 1.54) is 57.2 Å². The number of hydrogen-bond acceptors (Lipinski definition) is 4. The van der Waals surface area contributed by atoms with E-state index in [1.807, 2.05) is 47.4 Å². The van der Waals surface area contributed by atoms with E-state index in [-0.39, 0.29) is 29.2 Å². The highest BCUT2D eigenvalue weighted by molar-refractivity contribution is 6.30. The van der Waals surface area contributed by atoms with Crippen molar-refractivity contribution in [2.24, 2.45) is 28.4 Å². The Balaban J connectivity index is 1.17. The van der Waals surface area contributed by atoms with E-state index in [9.17, 15) is 9.59 Å². The summed E-state index contributed by atoms with van der Waals surface area (Å²) >= 11 is 6.18. The lowest BCUT2D eigenvalue weighted by Gasteiger charge is -2.50. The van der Waals surface area contributed by atoms with Crippen LogP contribution < -0.4 is 11.1 Å². The molecular weight excluding hydrogens is 580 g/mol. The van der Waals surface area contributed by atoms with Crippen LogP contribution in [0.5, 0.6) is 0 Å². The normalized spacial score (nSPS) is 25.8. The third-order valence-corrected chi connectivity index (χ3v) is 12.0. The lowest BCUT2D eigenvalue weighted by molar-refractivity contribution is -0.140. The van der Waals surface area contributed by atoms with Gasteiger partial charge in [0.05, 0.1) is 5.92 Å². The molecule has 3 N–H and O–H groups in total. The molecule has 0 radical (unpaired) electrons. The molecule has 2 aromatic carbocycles. The first-order valence-corrected chi connectivity index (χ1v) is 17.9. The Morgan fingerprint density at radius 1 is 0.956 bits per heavy atom. The van der Waals surface area contributed by atoms with Gasteiger partial charge in [0, 0.05) is 43.7 Å². The van der Waals surface area contributed by atoms with Crippen LogP contribution in [-0.2, 0) is 22.4 Å². The zero-order valence-corrected chi connectivity index (χ0v) is 28.2. The summed E-state index contributed by atoms with van der Waals surface area (Å²) in [6.45, 7) is 9.84. The van der Waals surface area contributed by atoms with Crippen molar-refractivity contribution in [3.05, 3.63) is 70.2 Å². The Morgan fingerprint density at radius 3 is 2.36 bits per heavy atom. The molecule has 2 heterocycles. The van der Waals surface area contributed by atoms with Crippen LogP contribution >= 0.6 is 11.6 Å². The summed E-state index contributed by atoms with van der Waals surface area (Å²) in [7, 11) is 0. The molecule has 7 heteroatoms. The van der Waals surface area contributed by atoms with Gasteiger partial charge in [0.15, 0.2) is 0 Å². The highest BCUT2D eigenvalue weighted by Gasteiger charge is 2.46. The lowest BCUT2D eigenvalue weighted by atomic mass is 9.63. The second-order valence-electron chi connectivity index (χ2n) is 15.4. The number of likely N-dealkylation sites (tertiary alicyclic amines) is 2. The predicted molar refractivity (Wildman–Crippen MR) is 182 cm³/mol. The molecule has 0 spiro atoms. The smallest absolute Gasteiger partial charge is 0.245 e. The number of amides is 2. The third-order valence-electron chi connectivity index (χ3n) is 11.7. The molecule has 0 aromatic heterocycles. The highest BCUT2D eigenvalue weighted by atomic mass is 35.5. The monoisotopic (exact) mass is 632 g/mol. The zero-order chi connectivity index (χ0) is 31.6. The molecule has 2 saturated heterocycles. The summed E-state index contributed by atoms with van der Waals surface area (Å²) in [6.07, 6.45) is 12.0. The molecule has 2 unspecified atom stereocenters. The number of rotatable bonds is 8. The van der Waals surface area contributed by atoms with Crippen molar-refractivity contribution in [1.29, 1.82) is 0 Å². The van der Waals surface area contributed by atoms with E-state index < -0.39 is 6.04 Å². The summed E-state index contributed by atoms with van der Waals surface area (Å²) < 4.78 is 0. The Labute approximate surface area is 275 Å². The minimum atomic E-state index is -0.635. The van der Waals surface area contributed by atoms with Gasteiger partial charge in [0.25, 0.3) is 0 Å². The number of benzene rings is 2. The largest absolute Gasteiger partial charge is 0.344 e. The second-order valence-corrected chi connectivity index (χ2v) is 15.8. The second kappa shape index (κ2) is 13.8. The molecule has 45 heavy (non-hydrogen) atoms. The first-order chi connectivity index (χ1) is 21.6. The Bertz CT molecular complexity index is 1330. The first-order valence-electron chi connectivity index (χ1n) is 17.5. The average molecular weight is 633 g/mol. The molecule has 2 aliphatic carbocycles. The van der Waals surface area contributed by atoms with E-state index in [0.29, 0.717) is 23.3 Å². The molecule has 1 saturated carbocycles. The van der Waals surface area contributed by atoms with Crippen molar-refractivity contribution in [2.75, 3.05) is 32.7 Å². The molecule has 6 rings (SSSR count). The third kappa shape index (κ3) is 7.44. The number of nitrogens with one attached hydrogen (secondary N) is 1. The summed E-state index contributed by atoms with van der Waals surface area (Å²) in [5, 5.41) is 3.87. The van der Waals surface area contributed by atoms with E-state index in [0.717, 1.165) is 55.9 Å². The van der Waals surface area contributed by atoms with Gasteiger partial charge in [-0.25, -0.2) is 0 Å². The van der Waals surface area contributed by atoms with Gasteiger partial charge in [-0.05, 0) is 97.1 Å². The fourth-order valence-corrected chi connectivity index (χ4v) is 9.16. The number of piperidine rings is 1. The Hall–Kier alpha value is -2.41. The minimum Gasteiger partial charge on any atom is -0.344 e. The topological polar surface area (TPSA) is 78.7 Å². The Kier molecular flexibility index (Phi) is 9.94. The number of nitrogens with zero attached hydrogens (tertiary/aromatic N) is 2. The molecule has 3 atom stereocenters. The summed E-state index contributed by atoms with van der Waals surface area (Å²) in [5.74, 6) is 0.301. The number of hydrogen-bond donors (Lipinski definition) is 2. The maximum Gasteiger partial charge on any atom is 0.245 e. The van der Waals surface area contributed by atoms with Crippen LogP contribution in [0, 0.1) is 22.7 Å². The van der Waals surface area contributed by atoms with Gasteiger partial charge in [-0.1, -0.05) is 81.1 Å². The van der Waals surface area contributed by atoms with Gasteiger partial charge in [0.2, 0.25) is 11.8 Å². The van der Waals surface area contributed by atoms with Crippen LogP contribution in [-0.4, -0.2) is 60.4 Å². The maximum absolute atomic E-state index is 14.3. The van der Waals surface area contributed by atoms with Crippen molar-refractivity contribution >= 4 is 23.4 Å². The summed E-state index contributed by atoms with van der Waals surface area (Å²) in [5.41, 5.74) is 10.6. The van der Waals surface area contributed by atoms with Crippen molar-refractivity contribution < 1.29 is 9.59 Å². The number of halogens is 1. The van der Waals surface area contributed by atoms with Crippen molar-refractivity contribution in [3.8, 4) is 0 Å². The molecule has 0 bridgehead atoms. The quantitative estimate of drug-likeness (QED) is 0.346. The molecule has 2 amide bonds. The fourth-order valence-electron chi connectivity index (χ4n) is 9.03. The van der Waals surface area contributed by atoms with Gasteiger partial charge >= 0.3 is 0 Å². The number of carbonyl (C=O) groups excluding carboxylic acids is 2. The predicted octanol–water partition coefficient (Wildman–Crippen LogP) is 6.55. The molecular formula is C38H53ClN4O2. The fraction of sp³-hybridized carbons (Fsp3) is 0.632. The van der Waals surface area contributed by atoms with Gasteiger partial charge < -0.3 is 20.9 Å². The van der Waals surface area contributed by atoms with E-state index >= 15 is 0 Å². The number of aryl methyl sites for hydroxylation is 1. The molecule has 244 valence electrons. The summed E-state index contributed by atoms with van der Waals surface area (Å²) in [6, 6.07) is 14.8. The van der Waals surface area contributed by atoms with E-state index in [4.69, 9.17) is 17.3 Å². The minimum absolute atomic E-state index is 0.0302. The SMILES string of the molecule is CC1(C)CCN(CC2(C3CCCCC3)CCN(C(=O)[C@@H](Cc3ccc(Cl)cc3)NC(=O)C3CCc4ccccc4C3N)CC2)C1. The summed E-state index contributed by atoms with van der Waals surface area (Å²) in [4.78, 5) is 32.9. The molecule has 3 fully saturated rings. The van der Waals surface area contributed by atoms with E-state index in [2.05, 4.69) is 30.1 Å². The highest BCUT2D eigenvalue weighted by Crippen LogP contribution is 2.47. The lowest BCUT2D eigenvalue weighted by Crippen LogP contribution is -2.56. The molecule has 4 aliphatic rings. The number of carbonyl (C=O) groups is 2. The van der Waals surface area contributed by atoms with Crippen LogP contribution in [0.1, 0.15) is 94.4 Å². The maximum atomic E-state index is 14.3. The van der Waals surface area contributed by atoms with Crippen LogP contribution in [0.4, 0.5) is 0 Å². The van der Waals surface area contributed by atoms with Crippen LogP contribution in [0.25, 0.3) is 0 Å². The first kappa shape index (κ1) is 32.5. The average Bonchev–Trinajstić information content (AvgIpc) is 3.39. The van der Waals surface area contributed by atoms with Crippen molar-refractivity contribution in [3.63, 3.8) is 0 Å². The van der Waals surface area contributed by atoms with Crippen LogP contribution in [0.3, 0.4) is 0 Å². The van der Waals surface area contributed by atoms with Gasteiger partial charge in [-0.15, -0.1) is 0 Å². The van der Waals surface area contributed by atoms with Gasteiger partial charge in [-0.2, -0.15) is 0 Å².